The second-order valence-corrected chi connectivity index (χ2v) is 9.69. The molecule has 4 aromatic rings. The number of fused-ring (bicyclic) bond motifs is 1. The van der Waals surface area contributed by atoms with Crippen LogP contribution in [0, 0.1) is 0 Å². The minimum Gasteiger partial charge on any atom is -0.480 e. The van der Waals surface area contributed by atoms with Gasteiger partial charge in [0.25, 0.3) is 0 Å². The van der Waals surface area contributed by atoms with E-state index in [0.29, 0.717) is 38.1 Å². The number of rotatable bonds is 15. The monoisotopic (exact) mass is 532 g/mol. The smallest absolute Gasteiger partial charge is 0.326 e. The summed E-state index contributed by atoms with van der Waals surface area (Å²) < 4.78 is 1.87. The van der Waals surface area contributed by atoms with Crippen molar-refractivity contribution in [3.05, 3.63) is 48.8 Å². The number of nitrogens with one attached hydrogen (secondary N) is 2. The van der Waals surface area contributed by atoms with Gasteiger partial charge in [-0.25, -0.2) is 9.78 Å². The maximum atomic E-state index is 13.5. The van der Waals surface area contributed by atoms with Crippen LogP contribution < -0.4 is 11.1 Å². The van der Waals surface area contributed by atoms with Crippen molar-refractivity contribution in [1.29, 1.82) is 0 Å². The molecule has 206 valence electrons. The first-order valence-electron chi connectivity index (χ1n) is 13.6. The number of carboxylic acids is 1. The summed E-state index contributed by atoms with van der Waals surface area (Å²) in [5, 5.41) is 26.9. The van der Waals surface area contributed by atoms with Gasteiger partial charge >= 0.3 is 5.97 Å². The maximum absolute atomic E-state index is 13.5. The lowest BCUT2D eigenvalue weighted by Crippen LogP contribution is -2.44. The average Bonchev–Trinajstić information content (AvgIpc) is 3.63. The SMILES string of the molecule is CCCCCCC(C(=O)NC(CCCCN)C(=O)O)n1cnc2cc(-c3ccccc3-c3nn[nH]n3)ccc21. The van der Waals surface area contributed by atoms with Gasteiger partial charge in [0.05, 0.1) is 17.4 Å². The summed E-state index contributed by atoms with van der Waals surface area (Å²) in [7, 11) is 0. The molecule has 2 atom stereocenters. The standard InChI is InChI=1S/C28H36N8O3/c1-2-3-4-5-13-25(27(37)31-22(28(38)39)12-8-9-16-29)36-18-30-23-17-19(14-15-24(23)36)20-10-6-7-11-21(20)26-32-34-35-33-26/h6-7,10-11,14-15,17-18,22,25H,2-5,8-9,12-13,16,29H2,1H3,(H,31,37)(H,38,39)(H,32,33,34,35). The Kier molecular flexibility index (Phi) is 9.74. The van der Waals surface area contributed by atoms with Gasteiger partial charge in [0.2, 0.25) is 11.7 Å². The topological polar surface area (TPSA) is 165 Å². The summed E-state index contributed by atoms with van der Waals surface area (Å²) >= 11 is 0. The summed E-state index contributed by atoms with van der Waals surface area (Å²) in [6, 6.07) is 12.2. The third-order valence-corrected chi connectivity index (χ3v) is 6.93. The number of H-pyrrole nitrogens is 1. The molecule has 0 radical (unpaired) electrons. The van der Waals surface area contributed by atoms with E-state index in [1.165, 1.54) is 0 Å². The quantitative estimate of drug-likeness (QED) is 0.166. The van der Waals surface area contributed by atoms with Gasteiger partial charge in [-0.3, -0.25) is 4.79 Å². The van der Waals surface area contributed by atoms with Crippen LogP contribution in [-0.2, 0) is 9.59 Å². The van der Waals surface area contributed by atoms with Crippen LogP contribution in [0.25, 0.3) is 33.5 Å². The molecule has 11 heteroatoms. The Bertz CT molecular complexity index is 1370. The molecule has 0 aliphatic heterocycles. The molecule has 0 spiro atoms. The Morgan fingerprint density at radius 1 is 1.05 bits per heavy atom. The first kappa shape index (κ1) is 27.9. The zero-order chi connectivity index (χ0) is 27.6. The summed E-state index contributed by atoms with van der Waals surface area (Å²) in [5.41, 5.74) is 9.81. The summed E-state index contributed by atoms with van der Waals surface area (Å²) in [6.45, 7) is 2.63. The van der Waals surface area contributed by atoms with Crippen molar-refractivity contribution in [2.75, 3.05) is 6.54 Å². The lowest BCUT2D eigenvalue weighted by Gasteiger charge is -2.22. The van der Waals surface area contributed by atoms with Gasteiger partial charge in [0, 0.05) is 5.56 Å². The summed E-state index contributed by atoms with van der Waals surface area (Å²) in [4.78, 5) is 30.0. The number of nitrogens with two attached hydrogens (primary N) is 1. The molecule has 0 aliphatic rings. The van der Waals surface area contributed by atoms with Gasteiger partial charge in [0.1, 0.15) is 12.1 Å². The van der Waals surface area contributed by atoms with Crippen LogP contribution in [0.15, 0.2) is 48.8 Å². The highest BCUT2D eigenvalue weighted by Crippen LogP contribution is 2.32. The highest BCUT2D eigenvalue weighted by atomic mass is 16.4. The molecule has 2 unspecified atom stereocenters. The van der Waals surface area contributed by atoms with E-state index in [0.717, 1.165) is 53.4 Å². The van der Waals surface area contributed by atoms with Crippen LogP contribution in [0.5, 0.6) is 0 Å². The van der Waals surface area contributed by atoms with Crippen LogP contribution in [0.2, 0.25) is 0 Å². The number of carboxylic acid groups (broad SMARTS) is 1. The van der Waals surface area contributed by atoms with E-state index in [4.69, 9.17) is 5.73 Å². The number of amides is 1. The number of aromatic nitrogens is 6. The first-order chi connectivity index (χ1) is 19.0. The first-order valence-corrected chi connectivity index (χ1v) is 13.6. The van der Waals surface area contributed by atoms with Crippen molar-refractivity contribution in [3.8, 4) is 22.5 Å². The van der Waals surface area contributed by atoms with Gasteiger partial charge in [-0.15, -0.1) is 10.2 Å². The van der Waals surface area contributed by atoms with Crippen molar-refractivity contribution in [1.82, 2.24) is 35.5 Å². The van der Waals surface area contributed by atoms with Crippen molar-refractivity contribution in [2.45, 2.75) is 70.4 Å². The number of nitrogens with zero attached hydrogens (tertiary/aromatic N) is 5. The fourth-order valence-corrected chi connectivity index (χ4v) is 4.83. The molecule has 0 saturated heterocycles. The van der Waals surface area contributed by atoms with E-state index in [1.54, 1.807) is 6.33 Å². The van der Waals surface area contributed by atoms with Crippen LogP contribution in [0.4, 0.5) is 0 Å². The Labute approximate surface area is 227 Å². The molecule has 11 nitrogen and oxygen atoms in total. The van der Waals surface area contributed by atoms with Gasteiger partial charge < -0.3 is 20.7 Å². The van der Waals surface area contributed by atoms with E-state index < -0.39 is 18.1 Å². The molecule has 0 fully saturated rings. The molecule has 2 aromatic heterocycles. The van der Waals surface area contributed by atoms with Crippen molar-refractivity contribution in [3.63, 3.8) is 0 Å². The number of carbonyl (C=O) groups excluding carboxylic acids is 1. The molecular formula is C28H36N8O3. The van der Waals surface area contributed by atoms with Crippen molar-refractivity contribution >= 4 is 22.9 Å². The van der Waals surface area contributed by atoms with Gasteiger partial charge in [-0.2, -0.15) is 5.21 Å². The van der Waals surface area contributed by atoms with Crippen LogP contribution in [0.1, 0.15) is 64.3 Å². The molecule has 2 heterocycles. The van der Waals surface area contributed by atoms with Crippen LogP contribution in [-0.4, -0.2) is 59.7 Å². The largest absolute Gasteiger partial charge is 0.480 e. The molecule has 4 rings (SSSR count). The van der Waals surface area contributed by atoms with Gasteiger partial charge in [-0.05, 0) is 60.7 Å². The van der Waals surface area contributed by atoms with Crippen LogP contribution >= 0.6 is 0 Å². The second kappa shape index (κ2) is 13.6. The Hall–Kier alpha value is -4.12. The molecule has 1 amide bonds. The predicted octanol–water partition coefficient (Wildman–Crippen LogP) is 4.09. The van der Waals surface area contributed by atoms with Gasteiger partial charge in [0.15, 0.2) is 0 Å². The minimum atomic E-state index is -1.04. The Morgan fingerprint density at radius 2 is 1.85 bits per heavy atom. The zero-order valence-corrected chi connectivity index (χ0v) is 22.2. The lowest BCUT2D eigenvalue weighted by atomic mass is 9.98. The predicted molar refractivity (Wildman–Crippen MR) is 149 cm³/mol. The van der Waals surface area contributed by atoms with E-state index >= 15 is 0 Å². The fourth-order valence-electron chi connectivity index (χ4n) is 4.83. The summed E-state index contributed by atoms with van der Waals surface area (Å²) in [6.07, 6.45) is 7.98. The Morgan fingerprint density at radius 3 is 2.56 bits per heavy atom. The molecule has 5 N–H and O–H groups in total. The second-order valence-electron chi connectivity index (χ2n) is 9.69. The number of benzene rings is 2. The number of tetrazole rings is 1. The summed E-state index contributed by atoms with van der Waals surface area (Å²) in [5.74, 6) is -0.845. The number of aliphatic carboxylic acids is 1. The molecule has 0 saturated carbocycles. The molecule has 0 bridgehead atoms. The van der Waals surface area contributed by atoms with E-state index in [2.05, 4.69) is 37.8 Å². The molecule has 39 heavy (non-hydrogen) atoms. The number of imidazole rings is 1. The number of aromatic amines is 1. The van der Waals surface area contributed by atoms with Gasteiger partial charge in [-0.1, -0.05) is 62.9 Å². The Balaban J connectivity index is 1.63. The highest BCUT2D eigenvalue weighted by Gasteiger charge is 2.27. The van der Waals surface area contributed by atoms with Crippen molar-refractivity contribution < 1.29 is 14.7 Å². The highest BCUT2D eigenvalue weighted by molar-refractivity contribution is 5.90. The minimum absolute atomic E-state index is 0.308. The normalized spacial score (nSPS) is 12.9. The molecule has 0 aliphatic carbocycles. The number of unbranched alkanes of at least 4 members (excludes halogenated alkanes) is 4. The van der Waals surface area contributed by atoms with E-state index in [9.17, 15) is 14.7 Å². The maximum Gasteiger partial charge on any atom is 0.326 e. The lowest BCUT2D eigenvalue weighted by molar-refractivity contribution is -0.142. The molecular weight excluding hydrogens is 496 g/mol. The molecule has 2 aromatic carbocycles. The zero-order valence-electron chi connectivity index (χ0n) is 22.2. The number of hydrogen-bond donors (Lipinski definition) is 4. The third kappa shape index (κ3) is 6.85. The van der Waals surface area contributed by atoms with E-state index in [1.807, 2.05) is 47.0 Å². The van der Waals surface area contributed by atoms with Crippen molar-refractivity contribution in [2.24, 2.45) is 5.73 Å². The average molecular weight is 533 g/mol. The van der Waals surface area contributed by atoms with E-state index in [-0.39, 0.29) is 5.91 Å². The fraction of sp³-hybridized carbons (Fsp3) is 0.429. The van der Waals surface area contributed by atoms with Crippen LogP contribution in [0.3, 0.4) is 0 Å². The third-order valence-electron chi connectivity index (χ3n) is 6.93. The number of carbonyl (C=O) groups is 2. The number of hydrogen-bond acceptors (Lipinski definition) is 7.